The minimum absolute atomic E-state index is 0. The largest absolute Gasteiger partial charge is 0.388 e. The Kier molecular flexibility index (Phi) is 7.48. The van der Waals surface area contributed by atoms with Gasteiger partial charge in [-0.05, 0) is 44.0 Å². The van der Waals surface area contributed by atoms with Crippen molar-refractivity contribution in [2.45, 2.75) is 26.4 Å². The number of anilines is 1. The average Bonchev–Trinajstić information content (AvgIpc) is 3.15. The van der Waals surface area contributed by atoms with Crippen LogP contribution in [0.3, 0.4) is 0 Å². The summed E-state index contributed by atoms with van der Waals surface area (Å²) in [5.74, 6) is 0.774. The summed E-state index contributed by atoms with van der Waals surface area (Å²) in [6.45, 7) is 9.14. The molecule has 160 valence electrons. The number of nitrogens with zero attached hydrogens (tertiary/aromatic N) is 5. The molecule has 1 N–H and O–H groups in total. The number of halogens is 1. The van der Waals surface area contributed by atoms with Crippen LogP contribution in [-0.2, 0) is 0 Å². The van der Waals surface area contributed by atoms with Crippen molar-refractivity contribution in [3.63, 3.8) is 0 Å². The summed E-state index contributed by atoms with van der Waals surface area (Å²) in [5.41, 5.74) is 4.50. The third-order valence-corrected chi connectivity index (χ3v) is 5.82. The van der Waals surface area contributed by atoms with Gasteiger partial charge in [-0.15, -0.1) is 12.4 Å². The second-order valence-electron chi connectivity index (χ2n) is 7.70. The zero-order valence-electron chi connectivity index (χ0n) is 17.6. The highest BCUT2D eigenvalue weighted by molar-refractivity contribution is 5.85. The molecule has 1 saturated heterocycles. The van der Waals surface area contributed by atoms with Crippen molar-refractivity contribution in [2.24, 2.45) is 0 Å². The monoisotopic (exact) mass is 427 g/mol. The molecule has 1 fully saturated rings. The van der Waals surface area contributed by atoms with E-state index in [1.165, 1.54) is 11.3 Å². The molecule has 3 heterocycles. The first-order valence-electron chi connectivity index (χ1n) is 10.3. The molecule has 0 saturated carbocycles. The number of benzene rings is 1. The first-order chi connectivity index (χ1) is 14.1. The van der Waals surface area contributed by atoms with Gasteiger partial charge in [0.2, 0.25) is 0 Å². The molecule has 0 aliphatic carbocycles. The zero-order valence-corrected chi connectivity index (χ0v) is 18.4. The summed E-state index contributed by atoms with van der Waals surface area (Å²) in [7, 11) is 0. The van der Waals surface area contributed by atoms with E-state index in [2.05, 4.69) is 51.1 Å². The molecule has 30 heavy (non-hydrogen) atoms. The van der Waals surface area contributed by atoms with Crippen LogP contribution in [0.4, 0.5) is 5.69 Å². The molecular formula is C23H30ClN5O. The topological polar surface area (TPSA) is 57.4 Å². The van der Waals surface area contributed by atoms with Gasteiger partial charge in [-0.3, -0.25) is 4.90 Å². The number of pyridine rings is 1. The van der Waals surface area contributed by atoms with E-state index in [1.807, 2.05) is 25.1 Å². The third-order valence-electron chi connectivity index (χ3n) is 5.82. The molecule has 1 aliphatic heterocycles. The van der Waals surface area contributed by atoms with Crippen LogP contribution in [0, 0.1) is 13.8 Å². The van der Waals surface area contributed by atoms with Gasteiger partial charge in [0, 0.05) is 55.9 Å². The van der Waals surface area contributed by atoms with Crippen molar-refractivity contribution in [2.75, 3.05) is 37.6 Å². The van der Waals surface area contributed by atoms with Gasteiger partial charge < -0.3 is 10.0 Å². The van der Waals surface area contributed by atoms with Gasteiger partial charge in [0.15, 0.2) is 5.82 Å². The summed E-state index contributed by atoms with van der Waals surface area (Å²) in [5, 5.41) is 15.2. The molecule has 3 aromatic rings. The second kappa shape index (κ2) is 10.1. The molecule has 1 aliphatic rings. The molecule has 1 aromatic carbocycles. The molecule has 7 heteroatoms. The fraction of sp³-hybridized carbons (Fsp3) is 0.391. The number of hydrogen-bond acceptors (Lipinski definition) is 5. The Hall–Kier alpha value is -2.41. The van der Waals surface area contributed by atoms with Crippen LogP contribution in [0.15, 0.2) is 54.9 Å². The normalized spacial score (nSPS) is 15.6. The van der Waals surface area contributed by atoms with Gasteiger partial charge in [-0.25, -0.2) is 9.67 Å². The summed E-state index contributed by atoms with van der Waals surface area (Å²) in [6.07, 6.45) is 3.72. The molecule has 1 unspecified atom stereocenters. The average molecular weight is 428 g/mol. The summed E-state index contributed by atoms with van der Waals surface area (Å²) in [6, 6.07) is 14.3. The molecule has 1 atom stereocenters. The van der Waals surface area contributed by atoms with Gasteiger partial charge in [0.1, 0.15) is 0 Å². The molecule has 0 amide bonds. The highest BCUT2D eigenvalue weighted by atomic mass is 35.5. The maximum Gasteiger partial charge on any atom is 0.153 e. The zero-order chi connectivity index (χ0) is 20.2. The van der Waals surface area contributed by atoms with Crippen LogP contribution in [0.2, 0.25) is 0 Å². The lowest BCUT2D eigenvalue weighted by atomic mass is 10.1. The van der Waals surface area contributed by atoms with Gasteiger partial charge in [-0.2, -0.15) is 5.10 Å². The van der Waals surface area contributed by atoms with E-state index < -0.39 is 6.10 Å². The van der Waals surface area contributed by atoms with Gasteiger partial charge in [0.25, 0.3) is 0 Å². The van der Waals surface area contributed by atoms with Crippen LogP contribution < -0.4 is 4.90 Å². The molecule has 0 radical (unpaired) electrons. The summed E-state index contributed by atoms with van der Waals surface area (Å²) >= 11 is 0. The predicted molar refractivity (Wildman–Crippen MR) is 123 cm³/mol. The molecule has 0 bridgehead atoms. The Bertz CT molecular complexity index is 938. The number of aliphatic hydroxyl groups is 1. The fourth-order valence-corrected chi connectivity index (χ4v) is 4.05. The summed E-state index contributed by atoms with van der Waals surface area (Å²) in [4.78, 5) is 9.25. The van der Waals surface area contributed by atoms with E-state index in [0.29, 0.717) is 6.42 Å². The Morgan fingerprint density at radius 3 is 2.43 bits per heavy atom. The van der Waals surface area contributed by atoms with Crippen molar-refractivity contribution < 1.29 is 5.11 Å². The number of aromatic nitrogens is 3. The molecule has 0 spiro atoms. The lowest BCUT2D eigenvalue weighted by molar-refractivity contribution is 0.139. The van der Waals surface area contributed by atoms with E-state index in [0.717, 1.165) is 49.8 Å². The quantitative estimate of drug-likeness (QED) is 0.651. The lowest BCUT2D eigenvalue weighted by Gasteiger charge is -2.37. The van der Waals surface area contributed by atoms with Crippen LogP contribution in [0.5, 0.6) is 0 Å². The standard InChI is InChI=1S/C23H29N5O.ClH/c1-18-7-3-4-8-21(18)27-15-13-26(14-16-27)12-10-22(29)20-17-25-28(19(20)2)23-9-5-6-11-24-23;/h3-9,11,17,22,29H,10,12-16H2,1-2H3;1H. The smallest absolute Gasteiger partial charge is 0.153 e. The molecular weight excluding hydrogens is 398 g/mol. The van der Waals surface area contributed by atoms with Crippen LogP contribution >= 0.6 is 12.4 Å². The van der Waals surface area contributed by atoms with Crippen molar-refractivity contribution in [3.8, 4) is 5.82 Å². The van der Waals surface area contributed by atoms with Crippen LogP contribution in [-0.4, -0.2) is 57.5 Å². The van der Waals surface area contributed by atoms with Crippen LogP contribution in [0.25, 0.3) is 5.82 Å². The highest BCUT2D eigenvalue weighted by Gasteiger charge is 2.21. The van der Waals surface area contributed by atoms with Gasteiger partial charge in [0.05, 0.1) is 12.3 Å². The van der Waals surface area contributed by atoms with Crippen molar-refractivity contribution >= 4 is 18.1 Å². The molecule has 6 nitrogen and oxygen atoms in total. The number of para-hydroxylation sites is 1. The fourth-order valence-electron chi connectivity index (χ4n) is 4.05. The van der Waals surface area contributed by atoms with E-state index in [-0.39, 0.29) is 12.4 Å². The van der Waals surface area contributed by atoms with Gasteiger partial charge in [-0.1, -0.05) is 24.3 Å². The summed E-state index contributed by atoms with van der Waals surface area (Å²) < 4.78 is 1.79. The first kappa shape index (κ1) is 22.3. The number of hydrogen-bond donors (Lipinski definition) is 1. The number of aryl methyl sites for hydroxylation is 1. The Labute approximate surface area is 184 Å². The number of aliphatic hydroxyl groups excluding tert-OH is 1. The predicted octanol–water partition coefficient (Wildman–Crippen LogP) is 3.55. The maximum absolute atomic E-state index is 10.7. The Balaban J connectivity index is 0.00000256. The maximum atomic E-state index is 10.7. The van der Waals surface area contributed by atoms with E-state index >= 15 is 0 Å². The minimum atomic E-state index is -0.512. The number of rotatable bonds is 6. The van der Waals surface area contributed by atoms with E-state index in [1.54, 1.807) is 17.1 Å². The molecule has 4 rings (SSSR count). The highest BCUT2D eigenvalue weighted by Crippen LogP contribution is 2.24. The SMILES string of the molecule is Cc1ccccc1N1CCN(CCC(O)c2cnn(-c3ccccn3)c2C)CC1.Cl. The molecule has 2 aromatic heterocycles. The number of piperazine rings is 1. The Morgan fingerprint density at radius 1 is 1.00 bits per heavy atom. The van der Waals surface area contributed by atoms with Gasteiger partial charge >= 0.3 is 0 Å². The van der Waals surface area contributed by atoms with Crippen molar-refractivity contribution in [3.05, 3.63) is 71.7 Å². The van der Waals surface area contributed by atoms with E-state index in [4.69, 9.17) is 0 Å². The Morgan fingerprint density at radius 2 is 1.73 bits per heavy atom. The van der Waals surface area contributed by atoms with E-state index in [9.17, 15) is 5.11 Å². The van der Waals surface area contributed by atoms with Crippen LogP contribution in [0.1, 0.15) is 29.3 Å². The van der Waals surface area contributed by atoms with Crippen molar-refractivity contribution in [1.29, 1.82) is 0 Å². The third kappa shape index (κ3) is 4.83. The van der Waals surface area contributed by atoms with Crippen molar-refractivity contribution in [1.82, 2.24) is 19.7 Å². The minimum Gasteiger partial charge on any atom is -0.388 e. The lowest BCUT2D eigenvalue weighted by Crippen LogP contribution is -2.47. The second-order valence-corrected chi connectivity index (χ2v) is 7.70. The first-order valence-corrected chi connectivity index (χ1v) is 10.3.